The Morgan fingerprint density at radius 1 is 1.48 bits per heavy atom. The van der Waals surface area contributed by atoms with E-state index in [0.29, 0.717) is 15.0 Å². The number of carbonyl (C=O) groups excluding carboxylic acids is 1. The molecular formula is C13H12N2O4S2. The van der Waals surface area contributed by atoms with Crippen LogP contribution in [0, 0.1) is 0 Å². The lowest BCUT2D eigenvalue weighted by atomic mass is 10.2. The number of carboxylic acid groups (broad SMARTS) is 1. The van der Waals surface area contributed by atoms with Gasteiger partial charge in [0.15, 0.2) is 10.4 Å². The van der Waals surface area contributed by atoms with Crippen LogP contribution in [0.3, 0.4) is 0 Å². The van der Waals surface area contributed by atoms with E-state index in [-0.39, 0.29) is 5.91 Å². The van der Waals surface area contributed by atoms with Gasteiger partial charge in [-0.3, -0.25) is 4.79 Å². The number of carboxylic acids is 1. The van der Waals surface area contributed by atoms with Crippen molar-refractivity contribution >= 4 is 46.3 Å². The molecule has 0 saturated carbocycles. The van der Waals surface area contributed by atoms with E-state index < -0.39 is 12.1 Å². The van der Waals surface area contributed by atoms with Gasteiger partial charge in [-0.25, -0.2) is 15.6 Å². The summed E-state index contributed by atoms with van der Waals surface area (Å²) in [6, 6.07) is 6.70. The predicted molar refractivity (Wildman–Crippen MR) is 83.4 cm³/mol. The summed E-state index contributed by atoms with van der Waals surface area (Å²) >= 11 is 6.06. The number of aliphatic carboxylic acids is 1. The lowest BCUT2D eigenvalue weighted by molar-refractivity contribution is -0.144. The lowest BCUT2D eigenvalue weighted by Crippen LogP contribution is -2.34. The van der Waals surface area contributed by atoms with Gasteiger partial charge in [0, 0.05) is 0 Å². The third kappa shape index (κ3) is 3.60. The molecule has 1 heterocycles. The van der Waals surface area contributed by atoms with Crippen LogP contribution < -0.4 is 10.6 Å². The van der Waals surface area contributed by atoms with Crippen molar-refractivity contribution in [2.75, 3.05) is 0 Å². The number of thioether (sulfide) groups is 1. The smallest absolute Gasteiger partial charge is 0.344 e. The van der Waals surface area contributed by atoms with E-state index in [1.165, 1.54) is 6.92 Å². The number of nitrogens with zero attached hydrogens (tertiary/aromatic N) is 1. The quantitative estimate of drug-likeness (QED) is 0.376. The fraction of sp³-hybridized carbons (Fsp3) is 0.154. The molecule has 1 aliphatic rings. The van der Waals surface area contributed by atoms with Crippen LogP contribution in [0.5, 0.6) is 5.75 Å². The van der Waals surface area contributed by atoms with Gasteiger partial charge < -0.3 is 9.84 Å². The molecule has 1 atom stereocenters. The number of hydrazine groups is 1. The Hall–Kier alpha value is -1.90. The highest BCUT2D eigenvalue weighted by atomic mass is 32.2. The van der Waals surface area contributed by atoms with Crippen molar-refractivity contribution in [2.45, 2.75) is 13.0 Å². The molecule has 8 heteroatoms. The first-order valence-electron chi connectivity index (χ1n) is 5.90. The predicted octanol–water partition coefficient (Wildman–Crippen LogP) is 1.61. The van der Waals surface area contributed by atoms with E-state index in [9.17, 15) is 9.59 Å². The van der Waals surface area contributed by atoms with Crippen LogP contribution in [-0.4, -0.2) is 32.4 Å². The van der Waals surface area contributed by atoms with E-state index in [1.807, 2.05) is 0 Å². The summed E-state index contributed by atoms with van der Waals surface area (Å²) in [6.07, 6.45) is 0.737. The minimum absolute atomic E-state index is 0.307. The molecule has 0 spiro atoms. The SMILES string of the molecule is CC(Oc1ccc(/C=C2\SC(=S)N(N)C2=O)cc1)C(=O)O. The van der Waals surface area contributed by atoms with Crippen molar-refractivity contribution in [3.05, 3.63) is 34.7 Å². The number of thiocarbonyl (C=S) groups is 1. The molecule has 1 amide bonds. The number of carbonyl (C=O) groups is 2. The summed E-state index contributed by atoms with van der Waals surface area (Å²) < 4.78 is 5.52. The molecule has 1 unspecified atom stereocenters. The number of rotatable bonds is 4. The van der Waals surface area contributed by atoms with Gasteiger partial charge in [-0.05, 0) is 30.7 Å². The molecule has 2 rings (SSSR count). The van der Waals surface area contributed by atoms with E-state index in [2.05, 4.69) is 0 Å². The van der Waals surface area contributed by atoms with Crippen molar-refractivity contribution in [1.29, 1.82) is 0 Å². The van der Waals surface area contributed by atoms with Crippen molar-refractivity contribution < 1.29 is 19.4 Å². The number of hydrogen-bond donors (Lipinski definition) is 2. The summed E-state index contributed by atoms with van der Waals surface area (Å²) in [4.78, 5) is 22.9. The van der Waals surface area contributed by atoms with Crippen LogP contribution >= 0.6 is 24.0 Å². The third-order valence-electron chi connectivity index (χ3n) is 2.66. The summed E-state index contributed by atoms with van der Waals surface area (Å²) in [5.74, 6) is 4.54. The van der Waals surface area contributed by atoms with Gasteiger partial charge in [0.25, 0.3) is 5.91 Å². The van der Waals surface area contributed by atoms with Gasteiger partial charge in [0.2, 0.25) is 0 Å². The van der Waals surface area contributed by atoms with E-state index in [4.69, 9.17) is 27.9 Å². The number of amides is 1. The molecule has 1 fully saturated rings. The first kappa shape index (κ1) is 15.5. The molecule has 0 radical (unpaired) electrons. The zero-order chi connectivity index (χ0) is 15.6. The van der Waals surface area contributed by atoms with E-state index in [0.717, 1.165) is 22.3 Å². The molecule has 21 heavy (non-hydrogen) atoms. The molecule has 0 bridgehead atoms. The van der Waals surface area contributed by atoms with Gasteiger partial charge in [0.1, 0.15) is 5.75 Å². The van der Waals surface area contributed by atoms with Gasteiger partial charge in [0.05, 0.1) is 4.91 Å². The number of ether oxygens (including phenoxy) is 1. The molecule has 1 aromatic rings. The van der Waals surface area contributed by atoms with Crippen LogP contribution in [0.25, 0.3) is 6.08 Å². The molecule has 3 N–H and O–H groups in total. The van der Waals surface area contributed by atoms with Crippen molar-refractivity contribution in [3.8, 4) is 5.75 Å². The maximum Gasteiger partial charge on any atom is 0.344 e. The monoisotopic (exact) mass is 324 g/mol. The minimum atomic E-state index is -1.04. The molecular weight excluding hydrogens is 312 g/mol. The largest absolute Gasteiger partial charge is 0.479 e. The second kappa shape index (κ2) is 6.25. The summed E-state index contributed by atoms with van der Waals surface area (Å²) in [6.45, 7) is 1.45. The molecule has 6 nitrogen and oxygen atoms in total. The van der Waals surface area contributed by atoms with Crippen molar-refractivity contribution in [3.63, 3.8) is 0 Å². The Bertz CT molecular complexity index is 628. The number of nitrogens with two attached hydrogens (primary N) is 1. The maximum atomic E-state index is 11.7. The summed E-state index contributed by atoms with van der Waals surface area (Å²) in [5.41, 5.74) is 0.763. The van der Waals surface area contributed by atoms with E-state index in [1.54, 1.807) is 30.3 Å². The van der Waals surface area contributed by atoms with Crippen molar-refractivity contribution in [2.24, 2.45) is 5.84 Å². The number of benzene rings is 1. The second-order valence-electron chi connectivity index (χ2n) is 4.22. The first-order chi connectivity index (χ1) is 9.88. The third-order valence-corrected chi connectivity index (χ3v) is 3.99. The molecule has 1 aliphatic heterocycles. The van der Waals surface area contributed by atoms with Crippen LogP contribution in [0.1, 0.15) is 12.5 Å². The van der Waals surface area contributed by atoms with Crippen LogP contribution in [0.4, 0.5) is 0 Å². The highest BCUT2D eigenvalue weighted by molar-refractivity contribution is 8.26. The van der Waals surface area contributed by atoms with Gasteiger partial charge >= 0.3 is 5.97 Å². The zero-order valence-electron chi connectivity index (χ0n) is 11.0. The topological polar surface area (TPSA) is 92.9 Å². The Labute approximate surface area is 130 Å². The second-order valence-corrected chi connectivity index (χ2v) is 5.89. The Morgan fingerprint density at radius 3 is 2.57 bits per heavy atom. The number of hydrogen-bond acceptors (Lipinski definition) is 6. The molecule has 0 aliphatic carbocycles. The first-order valence-corrected chi connectivity index (χ1v) is 7.13. The molecule has 110 valence electrons. The van der Waals surface area contributed by atoms with Gasteiger partial charge in [-0.1, -0.05) is 36.1 Å². The fourth-order valence-corrected chi connectivity index (χ4v) is 2.63. The highest BCUT2D eigenvalue weighted by Crippen LogP contribution is 2.30. The van der Waals surface area contributed by atoms with Crippen molar-refractivity contribution in [1.82, 2.24) is 5.01 Å². The van der Waals surface area contributed by atoms with Crippen LogP contribution in [0.15, 0.2) is 29.2 Å². The summed E-state index contributed by atoms with van der Waals surface area (Å²) in [5, 5.41) is 9.69. The Morgan fingerprint density at radius 2 is 2.10 bits per heavy atom. The average molecular weight is 324 g/mol. The van der Waals surface area contributed by atoms with Crippen LogP contribution in [0.2, 0.25) is 0 Å². The average Bonchev–Trinajstić information content (AvgIpc) is 2.68. The molecule has 1 aromatic carbocycles. The summed E-state index contributed by atoms with van der Waals surface area (Å²) in [7, 11) is 0. The minimum Gasteiger partial charge on any atom is -0.479 e. The Balaban J connectivity index is 2.11. The zero-order valence-corrected chi connectivity index (χ0v) is 12.6. The Kier molecular flexibility index (Phi) is 4.61. The molecule has 0 aromatic heterocycles. The lowest BCUT2D eigenvalue weighted by Gasteiger charge is -2.10. The maximum absolute atomic E-state index is 11.7. The van der Waals surface area contributed by atoms with Gasteiger partial charge in [-0.2, -0.15) is 0 Å². The van der Waals surface area contributed by atoms with Crippen LogP contribution in [-0.2, 0) is 9.59 Å². The highest BCUT2D eigenvalue weighted by Gasteiger charge is 2.29. The standard InChI is InChI=1S/C13H12N2O4S2/c1-7(12(17)18)19-9-4-2-8(3-5-9)6-10-11(16)15(14)13(20)21-10/h2-7H,14H2,1H3,(H,17,18)/b10-6-. The molecule has 1 saturated heterocycles. The normalized spacial score (nSPS) is 18.2. The van der Waals surface area contributed by atoms with Gasteiger partial charge in [-0.15, -0.1) is 0 Å². The van der Waals surface area contributed by atoms with E-state index >= 15 is 0 Å². The fourth-order valence-electron chi connectivity index (χ4n) is 1.53.